The van der Waals surface area contributed by atoms with Crippen molar-refractivity contribution < 1.29 is 19.7 Å². The Morgan fingerprint density at radius 2 is 2.19 bits per heavy atom. The van der Waals surface area contributed by atoms with E-state index in [1.165, 1.54) is 13.2 Å². The predicted octanol–water partition coefficient (Wildman–Crippen LogP) is 0.319. The number of carbonyl (C=O) groups is 1. The Balaban J connectivity index is 3.15. The number of phenolic OH excluding ortho intramolecular Hbond substituents is 1. The van der Waals surface area contributed by atoms with E-state index in [1.807, 2.05) is 0 Å². The lowest BCUT2D eigenvalue weighted by Crippen LogP contribution is -2.17. The predicted molar refractivity (Wildman–Crippen MR) is 58.3 cm³/mol. The number of methoxy groups -OCH3 is 1. The van der Waals surface area contributed by atoms with E-state index in [9.17, 15) is 9.90 Å². The lowest BCUT2D eigenvalue weighted by atomic mass is 10.0. The molecule has 88 valence electrons. The van der Waals surface area contributed by atoms with Crippen LogP contribution in [0.25, 0.3) is 0 Å². The quantitative estimate of drug-likeness (QED) is 0.433. The second kappa shape index (κ2) is 4.82. The molecule has 6 N–H and O–H groups in total. The molecule has 0 aliphatic carbocycles. The molecule has 0 aromatic heterocycles. The number of ether oxygens (including phenoxy) is 1. The Morgan fingerprint density at radius 1 is 1.56 bits per heavy atom. The number of nitrogens with two attached hydrogens (primary N) is 2. The van der Waals surface area contributed by atoms with Crippen molar-refractivity contribution in [3.05, 3.63) is 23.3 Å². The van der Waals surface area contributed by atoms with Gasteiger partial charge in [-0.1, -0.05) is 0 Å². The first-order chi connectivity index (χ1) is 7.47. The summed E-state index contributed by atoms with van der Waals surface area (Å²) in [5.41, 5.74) is 11.5. The number of phenols is 1. The summed E-state index contributed by atoms with van der Waals surface area (Å²) in [6.45, 7) is 0.208. The molecule has 1 aromatic rings. The van der Waals surface area contributed by atoms with Crippen LogP contribution in [0, 0.1) is 0 Å². The van der Waals surface area contributed by atoms with E-state index < -0.39 is 12.0 Å². The highest BCUT2D eigenvalue weighted by atomic mass is 16.5. The molecule has 0 amide bonds. The van der Waals surface area contributed by atoms with Crippen molar-refractivity contribution in [2.45, 2.75) is 6.04 Å². The van der Waals surface area contributed by atoms with Gasteiger partial charge < -0.3 is 26.4 Å². The molecule has 0 radical (unpaired) electrons. The molecule has 0 heterocycles. The van der Waals surface area contributed by atoms with Gasteiger partial charge in [-0.3, -0.25) is 0 Å². The maximum absolute atomic E-state index is 10.7. The molecule has 0 aliphatic rings. The summed E-state index contributed by atoms with van der Waals surface area (Å²) in [6, 6.07) is 1.89. The third-order valence-electron chi connectivity index (χ3n) is 2.17. The van der Waals surface area contributed by atoms with Crippen molar-refractivity contribution in [2.24, 2.45) is 5.73 Å². The first-order valence-electron chi connectivity index (χ1n) is 4.57. The van der Waals surface area contributed by atoms with E-state index in [4.69, 9.17) is 21.3 Å². The van der Waals surface area contributed by atoms with Gasteiger partial charge >= 0.3 is 5.97 Å². The van der Waals surface area contributed by atoms with Crippen LogP contribution in [0.3, 0.4) is 0 Å². The van der Waals surface area contributed by atoms with Crippen LogP contribution < -0.4 is 11.5 Å². The molecule has 0 saturated heterocycles. The molecule has 0 unspecified atom stereocenters. The highest BCUT2D eigenvalue weighted by Crippen LogP contribution is 2.28. The minimum Gasteiger partial charge on any atom is -0.508 e. The molecule has 0 bridgehead atoms. The normalized spacial score (nSPS) is 12.4. The standard InChI is InChI=1S/C10H14N2O4/c1-16-4-8(12)5-2-7(11)6(10(14)15)3-9(5)13/h2-3,8,13H,4,11-12H2,1H3,(H,14,15)/t8-/m1/s1. The van der Waals surface area contributed by atoms with Gasteiger partial charge in [-0.25, -0.2) is 4.79 Å². The summed E-state index contributed by atoms with van der Waals surface area (Å²) in [6.07, 6.45) is 0. The van der Waals surface area contributed by atoms with Crippen LogP contribution in [0.1, 0.15) is 22.0 Å². The smallest absolute Gasteiger partial charge is 0.337 e. The van der Waals surface area contributed by atoms with Crippen LogP contribution in [0.5, 0.6) is 5.75 Å². The number of carboxylic acid groups (broad SMARTS) is 1. The fraction of sp³-hybridized carbons (Fsp3) is 0.300. The number of benzene rings is 1. The van der Waals surface area contributed by atoms with Crippen LogP contribution in [-0.4, -0.2) is 29.9 Å². The number of anilines is 1. The van der Waals surface area contributed by atoms with Gasteiger partial charge in [0.15, 0.2) is 0 Å². The molecule has 1 atom stereocenters. The Hall–Kier alpha value is -1.79. The number of aromatic hydroxyl groups is 1. The molecule has 0 spiro atoms. The summed E-state index contributed by atoms with van der Waals surface area (Å²) in [5, 5.41) is 18.4. The SMILES string of the molecule is COC[C@@H](N)c1cc(N)c(C(=O)O)cc1O. The molecular weight excluding hydrogens is 212 g/mol. The molecule has 1 aromatic carbocycles. The van der Waals surface area contributed by atoms with E-state index >= 15 is 0 Å². The van der Waals surface area contributed by atoms with Gasteiger partial charge in [0, 0.05) is 18.4 Å². The van der Waals surface area contributed by atoms with Crippen molar-refractivity contribution in [1.29, 1.82) is 0 Å². The second-order valence-corrected chi connectivity index (χ2v) is 3.37. The van der Waals surface area contributed by atoms with Gasteiger partial charge in [-0.05, 0) is 12.1 Å². The van der Waals surface area contributed by atoms with Gasteiger partial charge in [0.2, 0.25) is 0 Å². The van der Waals surface area contributed by atoms with Gasteiger partial charge in [0.05, 0.1) is 18.2 Å². The van der Waals surface area contributed by atoms with Gasteiger partial charge in [0.25, 0.3) is 0 Å². The third kappa shape index (κ3) is 2.41. The zero-order chi connectivity index (χ0) is 12.3. The number of rotatable bonds is 4. The minimum atomic E-state index is -1.19. The molecule has 6 heteroatoms. The van der Waals surface area contributed by atoms with E-state index in [0.717, 1.165) is 6.07 Å². The number of carboxylic acids is 1. The van der Waals surface area contributed by atoms with Gasteiger partial charge in [0.1, 0.15) is 5.75 Å². The van der Waals surface area contributed by atoms with Crippen LogP contribution in [0.2, 0.25) is 0 Å². The maximum Gasteiger partial charge on any atom is 0.337 e. The van der Waals surface area contributed by atoms with Crippen molar-refractivity contribution in [2.75, 3.05) is 19.5 Å². The zero-order valence-corrected chi connectivity index (χ0v) is 8.80. The fourth-order valence-corrected chi connectivity index (χ4v) is 1.37. The van der Waals surface area contributed by atoms with Crippen LogP contribution >= 0.6 is 0 Å². The first-order valence-corrected chi connectivity index (χ1v) is 4.57. The van der Waals surface area contributed by atoms with Crippen molar-refractivity contribution in [3.63, 3.8) is 0 Å². The summed E-state index contributed by atoms with van der Waals surface area (Å²) < 4.78 is 4.84. The highest BCUT2D eigenvalue weighted by molar-refractivity contribution is 5.94. The highest BCUT2D eigenvalue weighted by Gasteiger charge is 2.16. The Labute approximate surface area is 92.4 Å². The van der Waals surface area contributed by atoms with Crippen LogP contribution in [-0.2, 0) is 4.74 Å². The third-order valence-corrected chi connectivity index (χ3v) is 2.17. The molecular formula is C10H14N2O4. The first kappa shape index (κ1) is 12.3. The number of aromatic carboxylic acids is 1. The summed E-state index contributed by atoms with van der Waals surface area (Å²) >= 11 is 0. The number of nitrogen functional groups attached to an aromatic ring is 1. The van der Waals surface area contributed by atoms with Gasteiger partial charge in [-0.15, -0.1) is 0 Å². The van der Waals surface area contributed by atoms with Crippen molar-refractivity contribution >= 4 is 11.7 Å². The van der Waals surface area contributed by atoms with Crippen LogP contribution in [0.15, 0.2) is 12.1 Å². The molecule has 16 heavy (non-hydrogen) atoms. The average Bonchev–Trinajstić information content (AvgIpc) is 2.20. The molecule has 1 rings (SSSR count). The summed E-state index contributed by atoms with van der Waals surface area (Å²) in [5.74, 6) is -1.39. The van der Waals surface area contributed by atoms with Crippen LogP contribution in [0.4, 0.5) is 5.69 Å². The second-order valence-electron chi connectivity index (χ2n) is 3.37. The lowest BCUT2D eigenvalue weighted by molar-refractivity contribution is 0.0697. The van der Waals surface area contributed by atoms with Crippen molar-refractivity contribution in [3.8, 4) is 5.75 Å². The monoisotopic (exact) mass is 226 g/mol. The lowest BCUT2D eigenvalue weighted by Gasteiger charge is -2.14. The van der Waals surface area contributed by atoms with E-state index in [-0.39, 0.29) is 23.6 Å². The van der Waals surface area contributed by atoms with E-state index in [0.29, 0.717) is 5.56 Å². The molecule has 6 nitrogen and oxygen atoms in total. The minimum absolute atomic E-state index is 0.0619. The van der Waals surface area contributed by atoms with E-state index in [1.54, 1.807) is 0 Å². The maximum atomic E-state index is 10.7. The van der Waals surface area contributed by atoms with Crippen molar-refractivity contribution in [1.82, 2.24) is 0 Å². The van der Waals surface area contributed by atoms with E-state index in [2.05, 4.69) is 0 Å². The number of hydrogen-bond acceptors (Lipinski definition) is 5. The molecule has 0 saturated carbocycles. The summed E-state index contributed by atoms with van der Waals surface area (Å²) in [7, 11) is 1.48. The molecule has 0 fully saturated rings. The largest absolute Gasteiger partial charge is 0.508 e. The van der Waals surface area contributed by atoms with Gasteiger partial charge in [-0.2, -0.15) is 0 Å². The Kier molecular flexibility index (Phi) is 3.70. The average molecular weight is 226 g/mol. The fourth-order valence-electron chi connectivity index (χ4n) is 1.37. The molecule has 0 aliphatic heterocycles. The topological polar surface area (TPSA) is 119 Å². The Bertz CT molecular complexity index is 406. The summed E-state index contributed by atoms with van der Waals surface area (Å²) in [4.78, 5) is 10.7. The zero-order valence-electron chi connectivity index (χ0n) is 8.80. The number of hydrogen-bond donors (Lipinski definition) is 4. The Morgan fingerprint density at radius 3 is 2.69 bits per heavy atom.